The summed E-state index contributed by atoms with van der Waals surface area (Å²) >= 11 is 0. The van der Waals surface area contributed by atoms with Crippen LogP contribution in [0.3, 0.4) is 0 Å². The average Bonchev–Trinajstić information content (AvgIpc) is 2.85. The monoisotopic (exact) mass is 280 g/mol. The van der Waals surface area contributed by atoms with Crippen molar-refractivity contribution in [1.82, 2.24) is 14.9 Å². The van der Waals surface area contributed by atoms with Crippen LogP contribution in [0.2, 0.25) is 0 Å². The molecule has 1 aromatic heterocycles. The highest BCUT2D eigenvalue weighted by molar-refractivity contribution is 5.84. The van der Waals surface area contributed by atoms with Gasteiger partial charge in [0.15, 0.2) is 0 Å². The lowest BCUT2D eigenvalue weighted by atomic mass is 9.92. The summed E-state index contributed by atoms with van der Waals surface area (Å²) in [7, 11) is 0. The molecule has 0 aromatic carbocycles. The van der Waals surface area contributed by atoms with E-state index in [0.29, 0.717) is 12.3 Å². The first-order valence-corrected chi connectivity index (χ1v) is 7.39. The summed E-state index contributed by atoms with van der Waals surface area (Å²) in [4.78, 5) is 16.2. The number of imidazole rings is 1. The molecule has 114 valence electrons. The van der Waals surface area contributed by atoms with Crippen molar-refractivity contribution in [2.24, 2.45) is 5.73 Å². The fourth-order valence-electron chi connectivity index (χ4n) is 2.49. The Morgan fingerprint density at radius 3 is 2.65 bits per heavy atom. The lowest BCUT2D eigenvalue weighted by Gasteiger charge is -2.31. The molecule has 5 heteroatoms. The van der Waals surface area contributed by atoms with Gasteiger partial charge in [0.25, 0.3) is 0 Å². The van der Waals surface area contributed by atoms with Crippen molar-refractivity contribution in [2.45, 2.75) is 65.0 Å². The van der Waals surface area contributed by atoms with Crippen LogP contribution in [0.1, 0.15) is 65.2 Å². The summed E-state index contributed by atoms with van der Waals surface area (Å²) in [5, 5.41) is 3.28. The second kappa shape index (κ2) is 6.88. The first-order chi connectivity index (χ1) is 9.31. The smallest absolute Gasteiger partial charge is 0.237 e. The highest BCUT2D eigenvalue weighted by atomic mass is 16.1. The molecule has 0 aliphatic carbocycles. The summed E-state index contributed by atoms with van der Waals surface area (Å²) in [6.07, 6.45) is 5.41. The number of nitrogens with two attached hydrogens (primary N) is 1. The standard InChI is InChI=1S/C15H28N4O/c1-6-7-18-15(5,14(16)20)10-12(4)19-9-8-17-13(19)11(2)3/h8-9,11-12,18H,6-7,10H2,1-5H3,(H2,16,20). The molecule has 0 bridgehead atoms. The van der Waals surface area contributed by atoms with E-state index in [-0.39, 0.29) is 11.9 Å². The van der Waals surface area contributed by atoms with Gasteiger partial charge in [0.2, 0.25) is 5.91 Å². The third kappa shape index (κ3) is 3.82. The minimum atomic E-state index is -0.687. The van der Waals surface area contributed by atoms with Crippen molar-refractivity contribution in [2.75, 3.05) is 6.54 Å². The maximum absolute atomic E-state index is 11.8. The Morgan fingerprint density at radius 2 is 2.15 bits per heavy atom. The molecule has 0 aliphatic heterocycles. The Morgan fingerprint density at radius 1 is 1.50 bits per heavy atom. The number of primary amides is 1. The van der Waals surface area contributed by atoms with E-state index in [1.807, 2.05) is 19.3 Å². The van der Waals surface area contributed by atoms with E-state index >= 15 is 0 Å². The summed E-state index contributed by atoms with van der Waals surface area (Å²) < 4.78 is 2.14. The first-order valence-electron chi connectivity index (χ1n) is 7.39. The van der Waals surface area contributed by atoms with Gasteiger partial charge in [0.05, 0.1) is 5.54 Å². The third-order valence-corrected chi connectivity index (χ3v) is 3.70. The molecule has 0 aliphatic rings. The number of rotatable bonds is 8. The van der Waals surface area contributed by atoms with Crippen LogP contribution in [0.4, 0.5) is 0 Å². The molecule has 0 saturated heterocycles. The zero-order chi connectivity index (χ0) is 15.3. The third-order valence-electron chi connectivity index (χ3n) is 3.70. The molecule has 2 unspecified atom stereocenters. The molecule has 0 fully saturated rings. The van der Waals surface area contributed by atoms with Crippen LogP contribution >= 0.6 is 0 Å². The summed E-state index contributed by atoms with van der Waals surface area (Å²) in [6, 6.07) is 0.164. The Labute approximate surface area is 122 Å². The Kier molecular flexibility index (Phi) is 5.74. The quantitative estimate of drug-likeness (QED) is 0.766. The van der Waals surface area contributed by atoms with Crippen LogP contribution in [0.5, 0.6) is 0 Å². The summed E-state index contributed by atoms with van der Waals surface area (Å²) in [6.45, 7) is 11.1. The number of hydrogen-bond donors (Lipinski definition) is 2. The zero-order valence-corrected chi connectivity index (χ0v) is 13.3. The van der Waals surface area contributed by atoms with Crippen LogP contribution in [-0.2, 0) is 4.79 Å². The van der Waals surface area contributed by atoms with E-state index in [9.17, 15) is 4.79 Å². The highest BCUT2D eigenvalue weighted by Crippen LogP contribution is 2.24. The molecule has 3 N–H and O–H groups in total. The number of aromatic nitrogens is 2. The molecule has 1 heterocycles. The van der Waals surface area contributed by atoms with Gasteiger partial charge in [-0.25, -0.2) is 4.98 Å². The van der Waals surface area contributed by atoms with Crippen molar-refractivity contribution in [1.29, 1.82) is 0 Å². The molecular formula is C15H28N4O. The van der Waals surface area contributed by atoms with Gasteiger partial charge in [-0.05, 0) is 33.2 Å². The predicted octanol–water partition coefficient (Wildman–Crippen LogP) is 2.20. The van der Waals surface area contributed by atoms with Gasteiger partial charge < -0.3 is 15.6 Å². The number of nitrogens with zero attached hydrogens (tertiary/aromatic N) is 2. The maximum Gasteiger partial charge on any atom is 0.237 e. The van der Waals surface area contributed by atoms with Crippen LogP contribution in [-0.4, -0.2) is 27.5 Å². The normalized spacial score (nSPS) is 16.1. The van der Waals surface area contributed by atoms with Crippen molar-refractivity contribution in [3.63, 3.8) is 0 Å². The largest absolute Gasteiger partial charge is 0.368 e. The lowest BCUT2D eigenvalue weighted by Crippen LogP contribution is -2.54. The molecule has 20 heavy (non-hydrogen) atoms. The zero-order valence-electron chi connectivity index (χ0n) is 13.3. The summed E-state index contributed by atoms with van der Waals surface area (Å²) in [5.41, 5.74) is 4.90. The van der Waals surface area contributed by atoms with E-state index in [4.69, 9.17) is 5.73 Å². The topological polar surface area (TPSA) is 72.9 Å². The number of carbonyl (C=O) groups is 1. The van der Waals surface area contributed by atoms with Crippen molar-refractivity contribution in [3.8, 4) is 0 Å². The molecule has 1 amide bonds. The Hall–Kier alpha value is -1.36. The van der Waals surface area contributed by atoms with Crippen LogP contribution < -0.4 is 11.1 Å². The van der Waals surface area contributed by atoms with Gasteiger partial charge in [0.1, 0.15) is 5.82 Å². The van der Waals surface area contributed by atoms with Crippen LogP contribution in [0.25, 0.3) is 0 Å². The summed E-state index contributed by atoms with van der Waals surface area (Å²) in [5.74, 6) is 1.10. The Bertz CT molecular complexity index is 441. The van der Waals surface area contributed by atoms with E-state index in [1.54, 1.807) is 0 Å². The van der Waals surface area contributed by atoms with E-state index in [0.717, 1.165) is 18.8 Å². The van der Waals surface area contributed by atoms with Crippen molar-refractivity contribution in [3.05, 3.63) is 18.2 Å². The van der Waals surface area contributed by atoms with E-state index in [1.165, 1.54) is 0 Å². The molecule has 0 spiro atoms. The number of hydrogen-bond acceptors (Lipinski definition) is 3. The second-order valence-corrected chi connectivity index (χ2v) is 6.02. The molecule has 1 aromatic rings. The highest BCUT2D eigenvalue weighted by Gasteiger charge is 2.33. The van der Waals surface area contributed by atoms with Crippen molar-refractivity contribution < 1.29 is 4.79 Å². The molecule has 5 nitrogen and oxygen atoms in total. The lowest BCUT2D eigenvalue weighted by molar-refractivity contribution is -0.124. The molecular weight excluding hydrogens is 252 g/mol. The minimum absolute atomic E-state index is 0.164. The fourth-order valence-corrected chi connectivity index (χ4v) is 2.49. The SMILES string of the molecule is CCCNC(C)(CC(C)n1ccnc1C(C)C)C(N)=O. The number of amides is 1. The second-order valence-electron chi connectivity index (χ2n) is 6.02. The van der Waals surface area contributed by atoms with Gasteiger partial charge in [-0.1, -0.05) is 20.8 Å². The van der Waals surface area contributed by atoms with Gasteiger partial charge in [0, 0.05) is 24.4 Å². The average molecular weight is 280 g/mol. The van der Waals surface area contributed by atoms with Gasteiger partial charge in [-0.2, -0.15) is 0 Å². The van der Waals surface area contributed by atoms with Crippen LogP contribution in [0.15, 0.2) is 12.4 Å². The van der Waals surface area contributed by atoms with Crippen LogP contribution in [0, 0.1) is 0 Å². The first kappa shape index (κ1) is 16.7. The number of nitrogens with one attached hydrogen (secondary N) is 1. The minimum Gasteiger partial charge on any atom is -0.368 e. The van der Waals surface area contributed by atoms with Gasteiger partial charge >= 0.3 is 0 Å². The maximum atomic E-state index is 11.8. The van der Waals surface area contributed by atoms with E-state index in [2.05, 4.69) is 42.6 Å². The van der Waals surface area contributed by atoms with Gasteiger partial charge in [-0.15, -0.1) is 0 Å². The van der Waals surface area contributed by atoms with Gasteiger partial charge in [-0.3, -0.25) is 4.79 Å². The Balaban J connectivity index is 2.88. The molecule has 2 atom stereocenters. The van der Waals surface area contributed by atoms with E-state index < -0.39 is 5.54 Å². The van der Waals surface area contributed by atoms with Crippen molar-refractivity contribution >= 4 is 5.91 Å². The predicted molar refractivity (Wildman–Crippen MR) is 81.5 cm³/mol. The molecule has 0 saturated carbocycles. The molecule has 1 rings (SSSR count). The number of carbonyl (C=O) groups excluding carboxylic acids is 1. The molecule has 0 radical (unpaired) electrons. The fraction of sp³-hybridized carbons (Fsp3) is 0.733.